The smallest absolute Gasteiger partial charge is 0.258 e. The van der Waals surface area contributed by atoms with Crippen molar-refractivity contribution in [2.45, 2.75) is 32.9 Å². The Morgan fingerprint density at radius 3 is 2.14 bits per heavy atom. The van der Waals surface area contributed by atoms with Gasteiger partial charge < -0.3 is 15.0 Å². The maximum atomic E-state index is 13.0. The Kier molecular flexibility index (Phi) is 7.07. The summed E-state index contributed by atoms with van der Waals surface area (Å²) in [5.41, 5.74) is 2.52. The van der Waals surface area contributed by atoms with E-state index in [1.54, 1.807) is 23.9 Å². The van der Waals surface area contributed by atoms with Crippen molar-refractivity contribution in [3.05, 3.63) is 102 Å². The van der Waals surface area contributed by atoms with Crippen LogP contribution in [0.2, 0.25) is 0 Å². The van der Waals surface area contributed by atoms with Crippen LogP contribution in [0.4, 0.5) is 0 Å². The number of benzene rings is 3. The van der Waals surface area contributed by atoms with Crippen molar-refractivity contribution in [1.29, 1.82) is 0 Å². The van der Waals surface area contributed by atoms with Gasteiger partial charge >= 0.3 is 0 Å². The predicted octanol–water partition coefficient (Wildman–Crippen LogP) is 4.86. The number of nitrogens with one attached hydrogen (secondary N) is 1. The Morgan fingerprint density at radius 1 is 1.03 bits per heavy atom. The lowest BCUT2D eigenvalue weighted by Crippen LogP contribution is -2.74. The highest BCUT2D eigenvalue weighted by atomic mass is 127. The Bertz CT molecular complexity index is 1140. The maximum Gasteiger partial charge on any atom is 0.258 e. The molecule has 5 rings (SSSR count). The van der Waals surface area contributed by atoms with Crippen molar-refractivity contribution < 1.29 is 14.3 Å². The second kappa shape index (κ2) is 10.2. The molecule has 2 heterocycles. The molecule has 0 spiro atoms. The van der Waals surface area contributed by atoms with Crippen LogP contribution in [0.15, 0.2) is 91.0 Å². The summed E-state index contributed by atoms with van der Waals surface area (Å²) < 4.78 is 5.43. The monoisotopic (exact) mass is 598 g/mol. The highest BCUT2D eigenvalue weighted by Crippen LogP contribution is 2.53. The van der Waals surface area contributed by atoms with Crippen molar-refractivity contribution in [3.8, 4) is 5.75 Å². The van der Waals surface area contributed by atoms with Crippen molar-refractivity contribution >= 4 is 46.2 Å². The number of amides is 2. The summed E-state index contributed by atoms with van der Waals surface area (Å²) in [7, 11) is 0. The number of fused-ring (bicyclic) bond motifs is 1. The van der Waals surface area contributed by atoms with Gasteiger partial charge in [0.25, 0.3) is 5.91 Å². The van der Waals surface area contributed by atoms with Crippen LogP contribution in [0.5, 0.6) is 5.75 Å². The summed E-state index contributed by atoms with van der Waals surface area (Å²) in [5.74, 6) is 0.493. The molecule has 0 saturated carbocycles. The standard InChI is InChI=1S/C28H27IN2O3S/c1-28(29)18-31-26(33)24(30-22(32)17-34-21-15-9-4-10-16-21)27(31)35-25(28)23(19-11-5-2-6-12-19)20-13-7-3-8-14-20/h2-16,23-25,27H,17-18H2,1H3,(H,30,32)/t24?,25?,27-,28?/m1/s1. The molecule has 2 amide bonds. The molecular formula is C28H27IN2O3S. The van der Waals surface area contributed by atoms with E-state index in [0.717, 1.165) is 0 Å². The van der Waals surface area contributed by atoms with E-state index in [-0.39, 0.29) is 38.4 Å². The third kappa shape index (κ3) is 5.07. The minimum absolute atomic E-state index is 0.0205. The SMILES string of the molecule is CC1(I)CN2C(=O)C(NC(=O)COc3ccccc3)[C@H]2SC1C(c1ccccc1)c1ccccc1. The van der Waals surface area contributed by atoms with Gasteiger partial charge in [-0.15, -0.1) is 11.8 Å². The Morgan fingerprint density at radius 2 is 1.57 bits per heavy atom. The lowest BCUT2D eigenvalue weighted by molar-refractivity contribution is -0.149. The third-order valence-electron chi connectivity index (χ3n) is 6.55. The number of hydrogen-bond acceptors (Lipinski definition) is 4. The topological polar surface area (TPSA) is 58.6 Å². The van der Waals surface area contributed by atoms with Gasteiger partial charge in [0.05, 0.1) is 0 Å². The third-order valence-corrected chi connectivity index (χ3v) is 9.88. The van der Waals surface area contributed by atoms with E-state index in [0.29, 0.717) is 12.3 Å². The molecule has 0 aliphatic carbocycles. The molecule has 1 N–H and O–H groups in total. The number of alkyl halides is 1. The van der Waals surface area contributed by atoms with Gasteiger partial charge in [0, 0.05) is 21.1 Å². The quantitative estimate of drug-likeness (QED) is 0.240. The Balaban J connectivity index is 1.34. The lowest BCUT2D eigenvalue weighted by atomic mass is 9.82. The van der Waals surface area contributed by atoms with Crippen LogP contribution < -0.4 is 10.1 Å². The second-order valence-electron chi connectivity index (χ2n) is 9.14. The summed E-state index contributed by atoms with van der Waals surface area (Å²) in [6.45, 7) is 2.76. The highest BCUT2D eigenvalue weighted by Gasteiger charge is 2.58. The number of ether oxygens (including phenoxy) is 1. The van der Waals surface area contributed by atoms with Gasteiger partial charge in [-0.1, -0.05) is 101 Å². The second-order valence-corrected chi connectivity index (χ2v) is 12.9. The molecule has 180 valence electrons. The van der Waals surface area contributed by atoms with Crippen molar-refractivity contribution in [1.82, 2.24) is 10.2 Å². The molecule has 2 saturated heterocycles. The van der Waals surface area contributed by atoms with Crippen molar-refractivity contribution in [2.75, 3.05) is 13.2 Å². The molecule has 2 aliphatic heterocycles. The molecule has 2 aliphatic rings. The zero-order chi connectivity index (χ0) is 24.4. The Labute approximate surface area is 223 Å². The molecule has 5 nitrogen and oxygen atoms in total. The first kappa shape index (κ1) is 24.2. The van der Waals surface area contributed by atoms with Gasteiger partial charge in [0.1, 0.15) is 17.2 Å². The number of nitrogens with zero attached hydrogens (tertiary/aromatic N) is 1. The number of thioether (sulfide) groups is 1. The fourth-order valence-corrected chi connectivity index (χ4v) is 7.83. The van der Waals surface area contributed by atoms with Crippen LogP contribution in [-0.4, -0.2) is 50.0 Å². The summed E-state index contributed by atoms with van der Waals surface area (Å²) in [5, 5.41) is 3.04. The number of hydrogen-bond donors (Lipinski definition) is 1. The molecule has 4 atom stereocenters. The maximum absolute atomic E-state index is 13.0. The molecule has 3 aromatic rings. The molecular weight excluding hydrogens is 571 g/mol. The number of halogens is 1. The summed E-state index contributed by atoms with van der Waals surface area (Å²) in [6, 6.07) is 29.8. The minimum Gasteiger partial charge on any atom is -0.484 e. The number of carbonyl (C=O) groups is 2. The highest BCUT2D eigenvalue weighted by molar-refractivity contribution is 14.1. The first-order chi connectivity index (χ1) is 16.9. The molecule has 2 fully saturated rings. The summed E-state index contributed by atoms with van der Waals surface area (Å²) in [4.78, 5) is 27.5. The molecule has 7 heteroatoms. The van der Waals surface area contributed by atoms with Gasteiger partial charge in [0.15, 0.2) is 6.61 Å². The number of carbonyl (C=O) groups excluding carboxylic acids is 2. The number of para-hydroxylation sites is 1. The van der Waals surface area contributed by atoms with E-state index in [9.17, 15) is 9.59 Å². The zero-order valence-corrected chi connectivity index (χ0v) is 22.3. The average molecular weight is 599 g/mol. The van der Waals surface area contributed by atoms with E-state index in [1.807, 2.05) is 35.2 Å². The fourth-order valence-electron chi connectivity index (χ4n) is 4.86. The summed E-state index contributed by atoms with van der Waals surface area (Å²) >= 11 is 4.32. The van der Waals surface area contributed by atoms with Gasteiger partial charge in [-0.2, -0.15) is 0 Å². The van der Waals surface area contributed by atoms with E-state index in [2.05, 4.69) is 83.4 Å². The predicted molar refractivity (Wildman–Crippen MR) is 148 cm³/mol. The molecule has 3 aromatic carbocycles. The molecule has 35 heavy (non-hydrogen) atoms. The molecule has 0 aromatic heterocycles. The van der Waals surface area contributed by atoms with E-state index < -0.39 is 6.04 Å². The van der Waals surface area contributed by atoms with Crippen LogP contribution >= 0.6 is 34.4 Å². The summed E-state index contributed by atoms with van der Waals surface area (Å²) in [6.07, 6.45) is 0. The van der Waals surface area contributed by atoms with Crippen molar-refractivity contribution in [2.24, 2.45) is 0 Å². The average Bonchev–Trinajstić information content (AvgIpc) is 2.89. The van der Waals surface area contributed by atoms with Crippen molar-refractivity contribution in [3.63, 3.8) is 0 Å². The first-order valence-corrected chi connectivity index (χ1v) is 13.7. The first-order valence-electron chi connectivity index (χ1n) is 11.7. The van der Waals surface area contributed by atoms with Gasteiger partial charge in [0.2, 0.25) is 5.91 Å². The van der Waals surface area contributed by atoms with Gasteiger partial charge in [-0.05, 0) is 30.2 Å². The fraction of sp³-hybridized carbons (Fsp3) is 0.286. The molecule has 0 radical (unpaired) electrons. The zero-order valence-electron chi connectivity index (χ0n) is 19.3. The van der Waals surface area contributed by atoms with E-state index in [4.69, 9.17) is 4.74 Å². The van der Waals surface area contributed by atoms with Crippen LogP contribution in [-0.2, 0) is 9.59 Å². The van der Waals surface area contributed by atoms with Crippen LogP contribution in [0.3, 0.4) is 0 Å². The van der Waals surface area contributed by atoms with Crippen LogP contribution in [0.1, 0.15) is 24.0 Å². The molecule has 0 bridgehead atoms. The largest absolute Gasteiger partial charge is 0.484 e. The van der Waals surface area contributed by atoms with E-state index in [1.165, 1.54) is 11.1 Å². The number of β-lactam (4-membered cyclic amide) rings is 1. The lowest BCUT2D eigenvalue weighted by Gasteiger charge is -2.57. The van der Waals surface area contributed by atoms with Crippen LogP contribution in [0, 0.1) is 0 Å². The Hall–Kier alpha value is -2.52. The van der Waals surface area contributed by atoms with Gasteiger partial charge in [-0.3, -0.25) is 9.59 Å². The van der Waals surface area contributed by atoms with Crippen LogP contribution in [0.25, 0.3) is 0 Å². The normalized spacial score (nSPS) is 25.5. The van der Waals surface area contributed by atoms with E-state index >= 15 is 0 Å². The number of rotatable bonds is 7. The minimum atomic E-state index is -0.533. The van der Waals surface area contributed by atoms with Gasteiger partial charge in [-0.25, -0.2) is 0 Å². The molecule has 3 unspecified atom stereocenters.